The predicted octanol–water partition coefficient (Wildman–Crippen LogP) is 3.88. The summed E-state index contributed by atoms with van der Waals surface area (Å²) in [5.41, 5.74) is 1.12. The van der Waals surface area contributed by atoms with Crippen LogP contribution in [0.3, 0.4) is 0 Å². The van der Waals surface area contributed by atoms with Gasteiger partial charge < -0.3 is 9.64 Å². The molecule has 1 amide bonds. The Bertz CT molecular complexity index is 776. The number of amides is 1. The van der Waals surface area contributed by atoms with E-state index in [9.17, 15) is 4.79 Å². The number of piperidine rings is 1. The van der Waals surface area contributed by atoms with E-state index in [1.54, 1.807) is 7.11 Å². The molecule has 0 unspecified atom stereocenters. The average molecular weight is 385 g/mol. The Balaban J connectivity index is 1.40. The highest BCUT2D eigenvalue weighted by atomic mass is 32.1. The third-order valence-electron chi connectivity index (χ3n) is 5.92. The lowest BCUT2D eigenvalue weighted by Gasteiger charge is -2.39. The van der Waals surface area contributed by atoms with Gasteiger partial charge in [0.1, 0.15) is 0 Å². The van der Waals surface area contributed by atoms with Crippen molar-refractivity contribution in [1.29, 1.82) is 0 Å². The van der Waals surface area contributed by atoms with E-state index in [-0.39, 0.29) is 5.41 Å². The van der Waals surface area contributed by atoms with E-state index >= 15 is 0 Å². The molecule has 4 nitrogen and oxygen atoms in total. The second kappa shape index (κ2) is 8.13. The summed E-state index contributed by atoms with van der Waals surface area (Å²) in [6.45, 7) is 5.10. The largest absolute Gasteiger partial charge is 0.383 e. The zero-order chi connectivity index (χ0) is 18.7. The molecule has 2 aliphatic heterocycles. The van der Waals surface area contributed by atoms with Gasteiger partial charge in [0.05, 0.1) is 12.0 Å². The van der Waals surface area contributed by atoms with Gasteiger partial charge in [-0.05, 0) is 43.5 Å². The summed E-state index contributed by atoms with van der Waals surface area (Å²) in [7, 11) is 1.70. The van der Waals surface area contributed by atoms with Gasteiger partial charge in [-0.2, -0.15) is 0 Å². The molecule has 0 aliphatic carbocycles. The number of hydrogen-bond acceptors (Lipinski definition) is 4. The van der Waals surface area contributed by atoms with Crippen molar-refractivity contribution in [3.05, 3.63) is 47.3 Å². The number of nitrogens with zero attached hydrogens (tertiary/aromatic N) is 2. The number of carbonyl (C=O) groups excluding carboxylic acids is 1. The Morgan fingerprint density at radius 1 is 1.11 bits per heavy atom. The lowest BCUT2D eigenvalue weighted by atomic mass is 9.78. The smallest absolute Gasteiger partial charge is 0.230 e. The molecular weight excluding hydrogens is 356 g/mol. The Labute approximate surface area is 165 Å². The molecule has 2 aromatic rings. The van der Waals surface area contributed by atoms with Gasteiger partial charge in [-0.3, -0.25) is 9.69 Å². The number of hydrogen-bond donors (Lipinski definition) is 0. The van der Waals surface area contributed by atoms with Crippen molar-refractivity contribution in [3.63, 3.8) is 0 Å². The van der Waals surface area contributed by atoms with Gasteiger partial charge in [0.25, 0.3) is 0 Å². The third kappa shape index (κ3) is 3.96. The van der Waals surface area contributed by atoms with E-state index in [1.165, 1.54) is 15.3 Å². The minimum atomic E-state index is -0.161. The second-order valence-electron chi connectivity index (χ2n) is 7.76. The minimum absolute atomic E-state index is 0.161. The lowest BCUT2D eigenvalue weighted by molar-refractivity contribution is -0.146. The molecule has 144 valence electrons. The average Bonchev–Trinajstić information content (AvgIpc) is 3.32. The fourth-order valence-electron chi connectivity index (χ4n) is 4.48. The molecule has 3 heterocycles. The van der Waals surface area contributed by atoms with Crippen molar-refractivity contribution in [1.82, 2.24) is 9.80 Å². The standard InChI is InChI=1S/C22H28N2O2S/c1-26-15-14-24-12-5-10-22(21(24)25)11-13-23(17-22)16-19-8-9-20(27-19)18-6-3-2-4-7-18/h2-4,6-9H,5,10-17H2,1H3/t22-/m0/s1. The summed E-state index contributed by atoms with van der Waals surface area (Å²) in [4.78, 5) is 20.3. The number of methoxy groups -OCH3 is 1. The number of rotatable bonds is 6. The molecule has 27 heavy (non-hydrogen) atoms. The van der Waals surface area contributed by atoms with Crippen molar-refractivity contribution in [2.45, 2.75) is 25.8 Å². The van der Waals surface area contributed by atoms with Crippen molar-refractivity contribution < 1.29 is 9.53 Å². The highest BCUT2D eigenvalue weighted by Crippen LogP contribution is 2.41. The van der Waals surface area contributed by atoms with Crippen LogP contribution >= 0.6 is 11.3 Å². The zero-order valence-corrected chi connectivity index (χ0v) is 16.8. The Morgan fingerprint density at radius 2 is 1.96 bits per heavy atom. The van der Waals surface area contributed by atoms with Crippen molar-refractivity contribution in [3.8, 4) is 10.4 Å². The Kier molecular flexibility index (Phi) is 5.62. The van der Waals surface area contributed by atoms with E-state index in [2.05, 4.69) is 47.4 Å². The highest BCUT2D eigenvalue weighted by molar-refractivity contribution is 7.15. The van der Waals surface area contributed by atoms with Crippen LogP contribution < -0.4 is 0 Å². The monoisotopic (exact) mass is 384 g/mol. The lowest BCUT2D eigenvalue weighted by Crippen LogP contribution is -2.50. The van der Waals surface area contributed by atoms with Gasteiger partial charge in [0.2, 0.25) is 5.91 Å². The first kappa shape index (κ1) is 18.7. The number of thiophene rings is 1. The van der Waals surface area contributed by atoms with E-state index in [0.29, 0.717) is 12.5 Å². The van der Waals surface area contributed by atoms with Gasteiger partial charge in [-0.25, -0.2) is 0 Å². The fourth-order valence-corrected chi connectivity index (χ4v) is 5.54. The van der Waals surface area contributed by atoms with Gasteiger partial charge >= 0.3 is 0 Å². The predicted molar refractivity (Wildman–Crippen MR) is 110 cm³/mol. The molecule has 2 aliphatic rings. The van der Waals surface area contributed by atoms with Crippen LogP contribution in [0.15, 0.2) is 42.5 Å². The number of likely N-dealkylation sites (tertiary alicyclic amines) is 2. The van der Waals surface area contributed by atoms with E-state index in [0.717, 1.165) is 52.0 Å². The highest BCUT2D eigenvalue weighted by Gasteiger charge is 2.48. The first-order valence-corrected chi connectivity index (χ1v) is 10.7. The fraction of sp³-hybridized carbons (Fsp3) is 0.500. The Hall–Kier alpha value is -1.69. The molecule has 1 spiro atoms. The van der Waals surface area contributed by atoms with Crippen molar-refractivity contribution in [2.75, 3.05) is 39.9 Å². The van der Waals surface area contributed by atoms with Crippen LogP contribution in [0, 0.1) is 5.41 Å². The first-order valence-electron chi connectivity index (χ1n) is 9.85. The van der Waals surface area contributed by atoms with Gasteiger partial charge in [0.15, 0.2) is 0 Å². The maximum atomic E-state index is 13.1. The molecule has 1 aromatic heterocycles. The summed E-state index contributed by atoms with van der Waals surface area (Å²) in [5, 5.41) is 0. The molecule has 4 rings (SSSR count). The van der Waals surface area contributed by atoms with Gasteiger partial charge in [-0.1, -0.05) is 30.3 Å². The molecule has 2 fully saturated rings. The van der Waals surface area contributed by atoms with Crippen LogP contribution in [0.4, 0.5) is 0 Å². The molecule has 2 saturated heterocycles. The summed E-state index contributed by atoms with van der Waals surface area (Å²) in [5.74, 6) is 0.351. The molecule has 1 atom stereocenters. The molecular formula is C22H28N2O2S. The third-order valence-corrected chi connectivity index (χ3v) is 7.04. The minimum Gasteiger partial charge on any atom is -0.383 e. The molecule has 0 radical (unpaired) electrons. The van der Waals surface area contributed by atoms with Crippen LogP contribution in [0.2, 0.25) is 0 Å². The zero-order valence-electron chi connectivity index (χ0n) is 16.0. The summed E-state index contributed by atoms with van der Waals surface area (Å²) < 4.78 is 5.18. The van der Waals surface area contributed by atoms with Crippen LogP contribution in [-0.4, -0.2) is 55.6 Å². The van der Waals surface area contributed by atoms with Crippen LogP contribution in [0.25, 0.3) is 10.4 Å². The summed E-state index contributed by atoms with van der Waals surface area (Å²) in [6.07, 6.45) is 3.14. The number of carbonyl (C=O) groups is 1. The topological polar surface area (TPSA) is 32.8 Å². The molecule has 0 saturated carbocycles. The van der Waals surface area contributed by atoms with E-state index in [1.807, 2.05) is 16.2 Å². The molecule has 5 heteroatoms. The van der Waals surface area contributed by atoms with Crippen molar-refractivity contribution >= 4 is 17.2 Å². The number of benzene rings is 1. The Morgan fingerprint density at radius 3 is 2.78 bits per heavy atom. The number of ether oxygens (including phenoxy) is 1. The van der Waals surface area contributed by atoms with E-state index in [4.69, 9.17) is 4.74 Å². The van der Waals surface area contributed by atoms with Crippen LogP contribution in [-0.2, 0) is 16.1 Å². The van der Waals surface area contributed by atoms with Crippen LogP contribution in [0.1, 0.15) is 24.1 Å². The van der Waals surface area contributed by atoms with Gasteiger partial charge in [0, 0.05) is 43.0 Å². The van der Waals surface area contributed by atoms with Crippen LogP contribution in [0.5, 0.6) is 0 Å². The SMILES string of the molecule is COCCN1CCC[C@@]2(CCN(Cc3ccc(-c4ccccc4)s3)C2)C1=O. The maximum Gasteiger partial charge on any atom is 0.230 e. The van der Waals surface area contributed by atoms with Crippen molar-refractivity contribution in [2.24, 2.45) is 5.41 Å². The first-order chi connectivity index (χ1) is 13.2. The summed E-state index contributed by atoms with van der Waals surface area (Å²) in [6, 6.07) is 15.0. The molecule has 0 bridgehead atoms. The van der Waals surface area contributed by atoms with E-state index < -0.39 is 0 Å². The molecule has 0 N–H and O–H groups in total. The molecule has 1 aromatic carbocycles. The summed E-state index contributed by atoms with van der Waals surface area (Å²) >= 11 is 1.87. The quantitative estimate of drug-likeness (QED) is 0.758. The normalized spacial score (nSPS) is 23.4. The maximum absolute atomic E-state index is 13.1. The second-order valence-corrected chi connectivity index (χ2v) is 8.93. The van der Waals surface area contributed by atoms with Gasteiger partial charge in [-0.15, -0.1) is 11.3 Å².